The Morgan fingerprint density at radius 3 is 2.62 bits per heavy atom. The predicted molar refractivity (Wildman–Crippen MR) is 97.2 cm³/mol. The fourth-order valence-corrected chi connectivity index (χ4v) is 4.20. The molecule has 0 saturated carbocycles. The van der Waals surface area contributed by atoms with Crippen molar-refractivity contribution in [1.29, 1.82) is 0 Å². The number of rotatable bonds is 2. The van der Waals surface area contributed by atoms with E-state index in [1.165, 1.54) is 0 Å². The average molecular weight is 445 g/mol. The van der Waals surface area contributed by atoms with Gasteiger partial charge in [0.2, 0.25) is 0 Å². The van der Waals surface area contributed by atoms with Gasteiger partial charge in [0.25, 0.3) is 0 Å². The quantitative estimate of drug-likeness (QED) is 0.348. The molecule has 0 aliphatic carbocycles. The molecule has 1 aromatic heterocycles. The van der Waals surface area contributed by atoms with Crippen LogP contribution in [0.2, 0.25) is 5.15 Å². The van der Waals surface area contributed by atoms with Gasteiger partial charge in [-0.1, -0.05) is 45.7 Å². The van der Waals surface area contributed by atoms with Crippen LogP contribution in [0.4, 0.5) is 0 Å². The van der Waals surface area contributed by atoms with Gasteiger partial charge >= 0.3 is 0 Å². The van der Waals surface area contributed by atoms with Crippen LogP contribution in [-0.2, 0) is 0 Å². The van der Waals surface area contributed by atoms with E-state index in [9.17, 15) is 0 Å². The van der Waals surface area contributed by atoms with Gasteiger partial charge in [0.05, 0.1) is 5.52 Å². The van der Waals surface area contributed by atoms with Crippen molar-refractivity contribution in [2.45, 2.75) is 4.90 Å². The molecule has 0 radical (unpaired) electrons. The number of aromatic nitrogens is 2. The molecule has 0 N–H and O–H groups in total. The second kappa shape index (κ2) is 6.24. The Balaban J connectivity index is 2.30. The normalized spacial score (nSPS) is 11.0. The third-order valence-electron chi connectivity index (χ3n) is 3.02. The molecule has 1 heterocycles. The lowest BCUT2D eigenvalue weighted by molar-refractivity contribution is 1.20. The molecule has 0 amide bonds. The van der Waals surface area contributed by atoms with Gasteiger partial charge in [0.1, 0.15) is 5.15 Å². The fraction of sp³-hybridized carbons (Fsp3) is 0.0667. The molecule has 106 valence electrons. The maximum Gasteiger partial charge on any atom is 0.162 e. The van der Waals surface area contributed by atoms with Crippen LogP contribution in [0, 0.1) is 0 Å². The first-order chi connectivity index (χ1) is 10.1. The first kappa shape index (κ1) is 15.3. The van der Waals surface area contributed by atoms with Crippen molar-refractivity contribution in [2.75, 3.05) is 6.26 Å². The summed E-state index contributed by atoms with van der Waals surface area (Å²) in [6, 6.07) is 11.9. The standard InChI is InChI=1S/C15H9Br2ClN2S/c1-21-12-5-3-2-4-9(12)15-19-13-10(14(18)20-15)6-8(16)7-11(13)17/h2-7H,1H3. The molecule has 2 aromatic carbocycles. The Morgan fingerprint density at radius 2 is 1.86 bits per heavy atom. The lowest BCUT2D eigenvalue weighted by Crippen LogP contribution is -1.94. The molecule has 3 aromatic rings. The highest BCUT2D eigenvalue weighted by atomic mass is 79.9. The molecule has 0 aliphatic rings. The molecule has 0 fully saturated rings. The molecule has 0 atom stereocenters. The van der Waals surface area contributed by atoms with Crippen LogP contribution in [0.25, 0.3) is 22.3 Å². The molecular formula is C15H9Br2ClN2S. The lowest BCUT2D eigenvalue weighted by Gasteiger charge is -2.09. The number of nitrogens with zero attached hydrogens (tertiary/aromatic N) is 2. The summed E-state index contributed by atoms with van der Waals surface area (Å²) in [4.78, 5) is 10.3. The highest BCUT2D eigenvalue weighted by Crippen LogP contribution is 2.34. The largest absolute Gasteiger partial charge is 0.227 e. The summed E-state index contributed by atoms with van der Waals surface area (Å²) in [6.45, 7) is 0. The summed E-state index contributed by atoms with van der Waals surface area (Å²) >= 11 is 15.0. The van der Waals surface area contributed by atoms with Gasteiger partial charge in [-0.2, -0.15) is 0 Å². The molecule has 6 heteroatoms. The fourth-order valence-electron chi connectivity index (χ4n) is 2.07. The number of benzene rings is 2. The zero-order chi connectivity index (χ0) is 15.0. The minimum atomic E-state index is 0.452. The summed E-state index contributed by atoms with van der Waals surface area (Å²) in [5, 5.41) is 1.27. The first-order valence-electron chi connectivity index (χ1n) is 6.06. The topological polar surface area (TPSA) is 25.8 Å². The number of fused-ring (bicyclic) bond motifs is 1. The summed E-state index contributed by atoms with van der Waals surface area (Å²) in [5.74, 6) is 0.639. The Hall–Kier alpha value is -0.620. The molecule has 0 aliphatic heterocycles. The van der Waals surface area contributed by atoms with E-state index in [0.29, 0.717) is 11.0 Å². The molecule has 0 bridgehead atoms. The minimum absolute atomic E-state index is 0.452. The smallest absolute Gasteiger partial charge is 0.162 e. The van der Waals surface area contributed by atoms with E-state index in [1.807, 2.05) is 36.6 Å². The lowest BCUT2D eigenvalue weighted by atomic mass is 10.2. The number of thioether (sulfide) groups is 1. The highest BCUT2D eigenvalue weighted by Gasteiger charge is 2.13. The van der Waals surface area contributed by atoms with Crippen molar-refractivity contribution in [3.8, 4) is 11.4 Å². The van der Waals surface area contributed by atoms with E-state index in [4.69, 9.17) is 11.6 Å². The molecular weight excluding hydrogens is 436 g/mol. The van der Waals surface area contributed by atoms with E-state index >= 15 is 0 Å². The van der Waals surface area contributed by atoms with E-state index in [-0.39, 0.29) is 0 Å². The van der Waals surface area contributed by atoms with Gasteiger partial charge < -0.3 is 0 Å². The van der Waals surface area contributed by atoms with Crippen molar-refractivity contribution >= 4 is 66.1 Å². The minimum Gasteiger partial charge on any atom is -0.227 e. The van der Waals surface area contributed by atoms with Crippen molar-refractivity contribution in [3.05, 3.63) is 50.5 Å². The van der Waals surface area contributed by atoms with Crippen LogP contribution in [-0.4, -0.2) is 16.2 Å². The Labute approximate surface area is 148 Å². The Kier molecular flexibility index (Phi) is 4.54. The molecule has 21 heavy (non-hydrogen) atoms. The van der Waals surface area contributed by atoms with Gasteiger partial charge in [-0.15, -0.1) is 11.8 Å². The summed E-state index contributed by atoms with van der Waals surface area (Å²) in [7, 11) is 0. The van der Waals surface area contributed by atoms with E-state index in [0.717, 1.165) is 30.3 Å². The zero-order valence-electron chi connectivity index (χ0n) is 10.9. The van der Waals surface area contributed by atoms with Crippen molar-refractivity contribution < 1.29 is 0 Å². The van der Waals surface area contributed by atoms with Crippen LogP contribution in [0.1, 0.15) is 0 Å². The predicted octanol–water partition coefficient (Wildman–Crippen LogP) is 6.20. The summed E-state index contributed by atoms with van der Waals surface area (Å²) < 4.78 is 1.82. The molecule has 0 spiro atoms. The first-order valence-corrected chi connectivity index (χ1v) is 9.24. The van der Waals surface area contributed by atoms with Crippen molar-refractivity contribution in [2.24, 2.45) is 0 Å². The average Bonchev–Trinajstić information content (AvgIpc) is 2.48. The van der Waals surface area contributed by atoms with Gasteiger partial charge in [-0.3, -0.25) is 0 Å². The van der Waals surface area contributed by atoms with Gasteiger partial charge in [0.15, 0.2) is 5.82 Å². The molecule has 0 unspecified atom stereocenters. The highest BCUT2D eigenvalue weighted by molar-refractivity contribution is 9.11. The van der Waals surface area contributed by atoms with Crippen molar-refractivity contribution in [3.63, 3.8) is 0 Å². The SMILES string of the molecule is CSc1ccccc1-c1nc(Cl)c2cc(Br)cc(Br)c2n1. The van der Waals surface area contributed by atoms with Gasteiger partial charge in [0, 0.05) is 24.8 Å². The maximum atomic E-state index is 6.35. The molecule has 3 rings (SSSR count). The number of hydrogen-bond donors (Lipinski definition) is 0. The van der Waals surface area contributed by atoms with Gasteiger partial charge in [-0.25, -0.2) is 9.97 Å². The second-order valence-corrected chi connectivity index (χ2v) is 7.30. The maximum absolute atomic E-state index is 6.35. The van der Waals surface area contributed by atoms with Crippen LogP contribution >= 0.6 is 55.2 Å². The molecule has 2 nitrogen and oxygen atoms in total. The third-order valence-corrected chi connectivity index (χ3v) is 5.17. The van der Waals surface area contributed by atoms with E-state index in [2.05, 4.69) is 47.9 Å². The third kappa shape index (κ3) is 2.97. The number of halogens is 3. The van der Waals surface area contributed by atoms with E-state index in [1.54, 1.807) is 11.8 Å². The number of hydrogen-bond acceptors (Lipinski definition) is 3. The summed E-state index contributed by atoms with van der Waals surface area (Å²) in [6.07, 6.45) is 2.04. The van der Waals surface area contributed by atoms with Crippen LogP contribution in [0.15, 0.2) is 50.2 Å². The monoisotopic (exact) mass is 442 g/mol. The molecule has 0 saturated heterocycles. The van der Waals surface area contributed by atoms with Crippen molar-refractivity contribution in [1.82, 2.24) is 9.97 Å². The second-order valence-electron chi connectivity index (χ2n) is 4.32. The van der Waals surface area contributed by atoms with Crippen LogP contribution < -0.4 is 0 Å². The zero-order valence-corrected chi connectivity index (χ0v) is 15.6. The van der Waals surface area contributed by atoms with Crippen LogP contribution in [0.5, 0.6) is 0 Å². The van der Waals surface area contributed by atoms with Crippen LogP contribution in [0.3, 0.4) is 0 Å². The Bertz CT molecular complexity index is 839. The summed E-state index contributed by atoms with van der Waals surface area (Å²) in [5.41, 5.74) is 1.80. The Morgan fingerprint density at radius 1 is 1.10 bits per heavy atom. The van der Waals surface area contributed by atoms with E-state index < -0.39 is 0 Å². The van der Waals surface area contributed by atoms with Gasteiger partial charge in [-0.05, 0) is 40.4 Å².